The highest BCUT2D eigenvalue weighted by Crippen LogP contribution is 2.56. The maximum Gasteiger partial charge on any atom is 0.310 e. The number of amides is 1. The fourth-order valence-corrected chi connectivity index (χ4v) is 6.66. The molecule has 42 heavy (non-hydrogen) atoms. The van der Waals surface area contributed by atoms with Gasteiger partial charge in [-0.05, 0) is 49.3 Å². The highest BCUT2D eigenvalue weighted by molar-refractivity contribution is 6.24. The van der Waals surface area contributed by atoms with Crippen LogP contribution in [0.25, 0.3) is 5.76 Å². The van der Waals surface area contributed by atoms with E-state index in [2.05, 4.69) is 0 Å². The molecule has 220 valence electrons. The molecule has 6 atom stereocenters. The van der Waals surface area contributed by atoms with Crippen LogP contribution in [0.2, 0.25) is 0 Å². The van der Waals surface area contributed by atoms with Crippen molar-refractivity contribution in [1.29, 1.82) is 0 Å². The minimum absolute atomic E-state index is 0.0202. The molecular formula is C30H30N2O10. The Kier molecular flexibility index (Phi) is 6.86. The molecule has 1 fully saturated rings. The van der Waals surface area contributed by atoms with Crippen molar-refractivity contribution in [2.24, 2.45) is 17.6 Å². The van der Waals surface area contributed by atoms with Crippen LogP contribution in [0.4, 0.5) is 0 Å². The molecule has 3 aliphatic carbocycles. The van der Waals surface area contributed by atoms with Crippen LogP contribution in [-0.2, 0) is 30.3 Å². The molecule has 1 amide bonds. The molecule has 5 rings (SSSR count). The van der Waals surface area contributed by atoms with Gasteiger partial charge in [-0.25, -0.2) is 0 Å². The highest BCUT2D eigenvalue weighted by Gasteiger charge is 2.69. The van der Waals surface area contributed by atoms with Gasteiger partial charge in [0.05, 0.1) is 23.9 Å². The molecule has 2 aromatic rings. The predicted octanol–water partition coefficient (Wildman–Crippen LogP) is 0.995. The maximum atomic E-state index is 14.2. The van der Waals surface area contributed by atoms with Gasteiger partial charge in [-0.1, -0.05) is 31.2 Å². The van der Waals surface area contributed by atoms with Gasteiger partial charge in [-0.15, -0.1) is 0 Å². The van der Waals surface area contributed by atoms with Crippen LogP contribution in [0.3, 0.4) is 0 Å². The number of rotatable bonds is 5. The molecule has 0 bridgehead atoms. The number of aromatic hydroxyl groups is 2. The summed E-state index contributed by atoms with van der Waals surface area (Å²) in [5.41, 5.74) is 1.76. The summed E-state index contributed by atoms with van der Waals surface area (Å²) in [4.78, 5) is 54.8. The van der Waals surface area contributed by atoms with Gasteiger partial charge in [0.25, 0.3) is 5.91 Å². The first-order chi connectivity index (χ1) is 19.7. The number of fused-ring (bicyclic) bond motifs is 3. The molecule has 2 aromatic carbocycles. The molecule has 0 saturated heterocycles. The van der Waals surface area contributed by atoms with Crippen LogP contribution in [0, 0.1) is 11.8 Å². The number of aliphatic hydroxyl groups is 3. The first kappa shape index (κ1) is 28.8. The molecule has 0 aromatic heterocycles. The lowest BCUT2D eigenvalue weighted by atomic mass is 9.54. The zero-order valence-corrected chi connectivity index (χ0v) is 22.9. The first-order valence-corrected chi connectivity index (χ1v) is 13.2. The Labute approximate surface area is 239 Å². The lowest BCUT2D eigenvalue weighted by Gasteiger charge is -2.54. The first-order valence-electron chi connectivity index (χ1n) is 13.2. The Morgan fingerprint density at radius 1 is 1.02 bits per heavy atom. The Bertz CT molecular complexity index is 1590. The zero-order chi connectivity index (χ0) is 30.8. The van der Waals surface area contributed by atoms with Crippen molar-refractivity contribution in [3.63, 3.8) is 0 Å². The second-order valence-electron chi connectivity index (χ2n) is 11.1. The number of ether oxygens (including phenoxy) is 1. The molecule has 12 heteroatoms. The number of Topliss-reactive ketones (excluding diaryl/α,β-unsaturated/α-hetero) is 2. The average molecular weight is 579 g/mol. The fourth-order valence-electron chi connectivity index (χ4n) is 6.66. The van der Waals surface area contributed by atoms with Crippen LogP contribution in [0.15, 0.2) is 59.4 Å². The molecule has 12 nitrogen and oxygen atoms in total. The number of aliphatic hydroxyl groups excluding tert-OH is 2. The van der Waals surface area contributed by atoms with Crippen molar-refractivity contribution < 1.29 is 49.4 Å². The second-order valence-corrected chi connectivity index (χ2v) is 11.1. The Balaban J connectivity index is 1.76. The predicted molar refractivity (Wildman–Crippen MR) is 146 cm³/mol. The van der Waals surface area contributed by atoms with Gasteiger partial charge in [-0.2, -0.15) is 0 Å². The summed E-state index contributed by atoms with van der Waals surface area (Å²) in [6, 6.07) is 8.73. The quantitative estimate of drug-likeness (QED) is 0.218. The number of phenolic OH excluding ortho intramolecular Hbond substituents is 2. The SMILES string of the molecule is CC1c2cccc(O)c2C(O)=C2C(=O)C3(O)C(O)=C(C(N)=O)C(=O)C(N(C)C)C3C(OC(=O)Cc3ccc(O)cc3)C21. The third-order valence-corrected chi connectivity index (χ3v) is 8.52. The minimum Gasteiger partial charge on any atom is -0.508 e. The van der Waals surface area contributed by atoms with E-state index in [1.165, 1.54) is 55.4 Å². The summed E-state index contributed by atoms with van der Waals surface area (Å²) in [5.74, 6) is -10.3. The molecule has 7 N–H and O–H groups in total. The van der Waals surface area contributed by atoms with E-state index in [-0.39, 0.29) is 23.5 Å². The van der Waals surface area contributed by atoms with E-state index >= 15 is 0 Å². The number of esters is 1. The van der Waals surface area contributed by atoms with Gasteiger partial charge in [0.15, 0.2) is 11.4 Å². The van der Waals surface area contributed by atoms with E-state index in [0.717, 1.165) is 0 Å². The van der Waals surface area contributed by atoms with Crippen LogP contribution in [0.1, 0.15) is 29.5 Å². The van der Waals surface area contributed by atoms with Crippen molar-refractivity contribution in [2.75, 3.05) is 14.1 Å². The number of benzene rings is 2. The summed E-state index contributed by atoms with van der Waals surface area (Å²) >= 11 is 0. The number of nitrogens with zero attached hydrogens (tertiary/aromatic N) is 1. The number of hydrogen-bond acceptors (Lipinski definition) is 11. The number of ketones is 2. The lowest BCUT2D eigenvalue weighted by Crippen LogP contribution is -2.71. The molecule has 0 heterocycles. The monoisotopic (exact) mass is 578 g/mol. The highest BCUT2D eigenvalue weighted by atomic mass is 16.5. The van der Waals surface area contributed by atoms with Crippen molar-refractivity contribution in [1.82, 2.24) is 4.90 Å². The van der Waals surface area contributed by atoms with Gasteiger partial charge in [0.2, 0.25) is 5.78 Å². The van der Waals surface area contributed by atoms with Crippen LogP contribution in [0.5, 0.6) is 11.5 Å². The smallest absolute Gasteiger partial charge is 0.310 e. The molecule has 0 radical (unpaired) electrons. The third kappa shape index (κ3) is 4.05. The molecule has 6 unspecified atom stereocenters. The number of likely N-dealkylation sites (N-methyl/N-ethyl adjacent to an activating group) is 1. The van der Waals surface area contributed by atoms with Crippen molar-refractivity contribution >= 4 is 29.2 Å². The van der Waals surface area contributed by atoms with E-state index in [1.54, 1.807) is 13.0 Å². The van der Waals surface area contributed by atoms with E-state index in [0.29, 0.717) is 11.1 Å². The molecular weight excluding hydrogens is 548 g/mol. The average Bonchev–Trinajstić information content (AvgIpc) is 2.91. The second kappa shape index (κ2) is 10.00. The lowest BCUT2D eigenvalue weighted by molar-refractivity contribution is -0.185. The van der Waals surface area contributed by atoms with Crippen LogP contribution in [-0.4, -0.2) is 85.7 Å². The summed E-state index contributed by atoms with van der Waals surface area (Å²) in [7, 11) is 2.90. The van der Waals surface area contributed by atoms with Gasteiger partial charge in [0.1, 0.15) is 34.7 Å². The standard InChI is InChI=1S/C30H30N2O10/c1-12-15-5-4-6-16(34)19(15)24(36)20-18(12)26(42-17(35)11-13-7-9-14(33)10-8-13)22-23(32(2)3)25(37)21(29(31)40)28(39)30(22,41)27(20)38/h4-10,12,18,22-23,26,33-34,36,39,41H,11H2,1-3H3,(H2,31,40). The number of carbonyl (C=O) groups excluding carboxylic acids is 4. The number of nitrogens with two attached hydrogens (primary N) is 1. The summed E-state index contributed by atoms with van der Waals surface area (Å²) < 4.78 is 5.96. The van der Waals surface area contributed by atoms with E-state index in [1.807, 2.05) is 0 Å². The molecule has 1 saturated carbocycles. The van der Waals surface area contributed by atoms with Gasteiger partial charge < -0.3 is 36.0 Å². The number of primary amides is 1. The van der Waals surface area contributed by atoms with Crippen LogP contribution < -0.4 is 5.73 Å². The third-order valence-electron chi connectivity index (χ3n) is 8.52. The van der Waals surface area contributed by atoms with E-state index in [9.17, 15) is 44.7 Å². The van der Waals surface area contributed by atoms with Gasteiger partial charge in [-0.3, -0.25) is 24.1 Å². The van der Waals surface area contributed by atoms with E-state index in [4.69, 9.17) is 10.5 Å². The summed E-state index contributed by atoms with van der Waals surface area (Å²) in [6.07, 6.45) is -1.80. The topological polar surface area (TPSA) is 208 Å². The molecule has 0 spiro atoms. The summed E-state index contributed by atoms with van der Waals surface area (Å²) in [5, 5.41) is 54.8. The van der Waals surface area contributed by atoms with Crippen molar-refractivity contribution in [3.8, 4) is 11.5 Å². The van der Waals surface area contributed by atoms with Gasteiger partial charge in [0, 0.05) is 11.5 Å². The van der Waals surface area contributed by atoms with Crippen molar-refractivity contribution in [3.05, 3.63) is 76.1 Å². The Morgan fingerprint density at radius 3 is 2.26 bits per heavy atom. The fraction of sp³-hybridized carbons (Fsp3) is 0.333. The molecule has 0 aliphatic heterocycles. The minimum atomic E-state index is -3.02. The van der Waals surface area contributed by atoms with Crippen LogP contribution >= 0.6 is 0 Å². The van der Waals surface area contributed by atoms with E-state index < -0.39 is 81.6 Å². The molecule has 3 aliphatic rings. The zero-order valence-electron chi connectivity index (χ0n) is 22.9. The number of phenols is 2. The summed E-state index contributed by atoms with van der Waals surface area (Å²) in [6.45, 7) is 1.67. The number of carbonyl (C=O) groups is 4. The Morgan fingerprint density at radius 2 is 1.67 bits per heavy atom. The largest absolute Gasteiger partial charge is 0.508 e. The Hall–Kier alpha value is -4.68. The van der Waals surface area contributed by atoms with Gasteiger partial charge >= 0.3 is 5.97 Å². The van der Waals surface area contributed by atoms with Crippen molar-refractivity contribution in [2.45, 2.75) is 37.0 Å². The number of hydrogen-bond donors (Lipinski definition) is 6. The maximum absolute atomic E-state index is 14.2. The normalized spacial score (nSPS) is 28.7.